The molecule has 1 aromatic heterocycles. The highest BCUT2D eigenvalue weighted by atomic mass is 32.1. The van der Waals surface area contributed by atoms with Gasteiger partial charge in [0.2, 0.25) is 0 Å². The van der Waals surface area contributed by atoms with Crippen molar-refractivity contribution in [3.8, 4) is 0 Å². The molecule has 0 radical (unpaired) electrons. The molecule has 0 aliphatic heterocycles. The fourth-order valence-electron chi connectivity index (χ4n) is 2.39. The number of nitrogens with zero attached hydrogens (tertiary/aromatic N) is 1. The van der Waals surface area contributed by atoms with E-state index in [9.17, 15) is 0 Å². The summed E-state index contributed by atoms with van der Waals surface area (Å²) in [7, 11) is 2.16. The van der Waals surface area contributed by atoms with Gasteiger partial charge in [0.15, 0.2) is 0 Å². The Morgan fingerprint density at radius 1 is 1.10 bits per heavy atom. The van der Waals surface area contributed by atoms with Gasteiger partial charge < -0.3 is 10.2 Å². The van der Waals surface area contributed by atoms with Crippen LogP contribution in [0.2, 0.25) is 0 Å². The summed E-state index contributed by atoms with van der Waals surface area (Å²) in [6.07, 6.45) is 0. The van der Waals surface area contributed by atoms with E-state index in [2.05, 4.69) is 67.7 Å². The molecular weight excluding hydrogens is 264 g/mol. The van der Waals surface area contributed by atoms with E-state index >= 15 is 0 Å². The average Bonchev–Trinajstić information content (AvgIpc) is 2.80. The summed E-state index contributed by atoms with van der Waals surface area (Å²) in [5, 5.41) is 5.69. The largest absolute Gasteiger partial charge is 0.373 e. The number of aryl methyl sites for hydroxylation is 3. The SMILES string of the molecule is Cc1ccc(N(C)CCNCc2sccc2C)c(C)c1. The van der Waals surface area contributed by atoms with E-state index in [1.807, 2.05) is 11.3 Å². The smallest absolute Gasteiger partial charge is 0.0393 e. The van der Waals surface area contributed by atoms with Crippen LogP contribution in [0, 0.1) is 20.8 Å². The van der Waals surface area contributed by atoms with Gasteiger partial charge in [-0.05, 0) is 49.4 Å². The molecule has 2 rings (SSSR count). The van der Waals surface area contributed by atoms with Gasteiger partial charge >= 0.3 is 0 Å². The van der Waals surface area contributed by atoms with Gasteiger partial charge in [0.1, 0.15) is 0 Å². The van der Waals surface area contributed by atoms with Crippen LogP contribution in [0.1, 0.15) is 21.6 Å². The van der Waals surface area contributed by atoms with Crippen molar-refractivity contribution in [3.63, 3.8) is 0 Å². The minimum Gasteiger partial charge on any atom is -0.373 e. The molecule has 1 aromatic carbocycles. The molecule has 0 saturated carbocycles. The lowest BCUT2D eigenvalue weighted by Crippen LogP contribution is -2.29. The zero-order valence-corrected chi connectivity index (χ0v) is 13.7. The van der Waals surface area contributed by atoms with Gasteiger partial charge in [-0.15, -0.1) is 11.3 Å². The van der Waals surface area contributed by atoms with Gasteiger partial charge in [0.05, 0.1) is 0 Å². The van der Waals surface area contributed by atoms with E-state index in [4.69, 9.17) is 0 Å². The molecule has 0 saturated heterocycles. The fourth-order valence-corrected chi connectivity index (χ4v) is 3.26. The predicted octanol–water partition coefficient (Wildman–Crippen LogP) is 3.90. The van der Waals surface area contributed by atoms with Crippen LogP contribution in [0.25, 0.3) is 0 Å². The van der Waals surface area contributed by atoms with Gasteiger partial charge in [0, 0.05) is 37.2 Å². The van der Waals surface area contributed by atoms with Gasteiger partial charge in [-0.3, -0.25) is 0 Å². The molecule has 0 aliphatic rings. The molecule has 0 unspecified atom stereocenters. The monoisotopic (exact) mass is 288 g/mol. The summed E-state index contributed by atoms with van der Waals surface area (Å²) in [4.78, 5) is 3.77. The summed E-state index contributed by atoms with van der Waals surface area (Å²) in [5.74, 6) is 0. The first-order valence-corrected chi connectivity index (χ1v) is 7.98. The highest BCUT2D eigenvalue weighted by Crippen LogP contribution is 2.19. The second-order valence-electron chi connectivity index (χ2n) is 5.42. The van der Waals surface area contributed by atoms with Crippen LogP contribution in [-0.4, -0.2) is 20.1 Å². The maximum absolute atomic E-state index is 3.53. The zero-order chi connectivity index (χ0) is 14.5. The lowest BCUT2D eigenvalue weighted by atomic mass is 10.1. The third kappa shape index (κ3) is 3.84. The van der Waals surface area contributed by atoms with Gasteiger partial charge in [0.25, 0.3) is 0 Å². The molecule has 20 heavy (non-hydrogen) atoms. The minimum atomic E-state index is 0.976. The van der Waals surface area contributed by atoms with Crippen LogP contribution in [0.3, 0.4) is 0 Å². The minimum absolute atomic E-state index is 0.976. The normalized spacial score (nSPS) is 10.8. The first kappa shape index (κ1) is 15.1. The Bertz CT molecular complexity index is 560. The number of benzene rings is 1. The first-order chi connectivity index (χ1) is 9.58. The molecule has 108 valence electrons. The second-order valence-corrected chi connectivity index (χ2v) is 6.42. The van der Waals surface area contributed by atoms with E-state index in [-0.39, 0.29) is 0 Å². The van der Waals surface area contributed by atoms with Gasteiger partial charge in [-0.1, -0.05) is 17.7 Å². The number of thiophene rings is 1. The molecular formula is C17H24N2S. The molecule has 1 N–H and O–H groups in total. The number of hydrogen-bond donors (Lipinski definition) is 1. The van der Waals surface area contributed by atoms with E-state index in [1.165, 1.54) is 27.3 Å². The molecule has 2 nitrogen and oxygen atoms in total. The summed E-state index contributed by atoms with van der Waals surface area (Å²) >= 11 is 1.83. The molecule has 1 heterocycles. The van der Waals surface area contributed by atoms with Crippen molar-refractivity contribution in [2.24, 2.45) is 0 Å². The van der Waals surface area contributed by atoms with Crippen LogP contribution in [0.4, 0.5) is 5.69 Å². The molecule has 0 spiro atoms. The highest BCUT2D eigenvalue weighted by molar-refractivity contribution is 7.10. The van der Waals surface area contributed by atoms with E-state index in [0.717, 1.165) is 19.6 Å². The Morgan fingerprint density at radius 2 is 1.90 bits per heavy atom. The molecule has 3 heteroatoms. The van der Waals surface area contributed by atoms with Gasteiger partial charge in [-0.2, -0.15) is 0 Å². The van der Waals surface area contributed by atoms with Crippen molar-refractivity contribution in [1.29, 1.82) is 0 Å². The predicted molar refractivity (Wildman–Crippen MR) is 89.9 cm³/mol. The standard InChI is InChI=1S/C17H24N2S/c1-13-5-6-16(15(3)11-13)19(4)9-8-18-12-17-14(2)7-10-20-17/h5-7,10-11,18H,8-9,12H2,1-4H3. The second kappa shape index (κ2) is 6.91. The number of nitrogens with one attached hydrogen (secondary N) is 1. The number of hydrogen-bond acceptors (Lipinski definition) is 3. The maximum atomic E-state index is 3.53. The van der Waals surface area contributed by atoms with Crippen molar-refractivity contribution < 1.29 is 0 Å². The maximum Gasteiger partial charge on any atom is 0.0393 e. The molecule has 0 bridgehead atoms. The molecule has 0 amide bonds. The zero-order valence-electron chi connectivity index (χ0n) is 12.9. The third-order valence-electron chi connectivity index (χ3n) is 3.64. The van der Waals surface area contributed by atoms with Crippen molar-refractivity contribution in [1.82, 2.24) is 5.32 Å². The molecule has 2 aromatic rings. The third-order valence-corrected chi connectivity index (χ3v) is 4.66. The number of likely N-dealkylation sites (N-methyl/N-ethyl adjacent to an activating group) is 1. The van der Waals surface area contributed by atoms with E-state index in [0.29, 0.717) is 0 Å². The van der Waals surface area contributed by atoms with Crippen LogP contribution in [0.5, 0.6) is 0 Å². The lowest BCUT2D eigenvalue weighted by molar-refractivity contribution is 0.683. The number of rotatable bonds is 6. The van der Waals surface area contributed by atoms with Crippen molar-refractivity contribution in [2.75, 3.05) is 25.0 Å². The van der Waals surface area contributed by atoms with Crippen LogP contribution in [-0.2, 0) is 6.54 Å². The van der Waals surface area contributed by atoms with Crippen molar-refractivity contribution >= 4 is 17.0 Å². The summed E-state index contributed by atoms with van der Waals surface area (Å²) in [5.41, 5.74) is 5.39. The quantitative estimate of drug-likeness (QED) is 0.811. The Morgan fingerprint density at radius 3 is 2.55 bits per heavy atom. The average molecular weight is 288 g/mol. The lowest BCUT2D eigenvalue weighted by Gasteiger charge is -2.22. The van der Waals surface area contributed by atoms with Gasteiger partial charge in [-0.25, -0.2) is 0 Å². The Hall–Kier alpha value is -1.32. The highest BCUT2D eigenvalue weighted by Gasteiger charge is 2.04. The molecule has 0 fully saturated rings. The summed E-state index contributed by atoms with van der Waals surface area (Å²) < 4.78 is 0. The summed E-state index contributed by atoms with van der Waals surface area (Å²) in [6.45, 7) is 9.50. The molecule has 0 aliphatic carbocycles. The van der Waals surface area contributed by atoms with Crippen LogP contribution < -0.4 is 10.2 Å². The van der Waals surface area contributed by atoms with Crippen molar-refractivity contribution in [2.45, 2.75) is 27.3 Å². The first-order valence-electron chi connectivity index (χ1n) is 7.10. The summed E-state index contributed by atoms with van der Waals surface area (Å²) in [6, 6.07) is 8.83. The Kier molecular flexibility index (Phi) is 5.21. The number of anilines is 1. The Labute approximate surface area is 126 Å². The fraction of sp³-hybridized carbons (Fsp3) is 0.412. The Balaban J connectivity index is 1.80. The van der Waals surface area contributed by atoms with E-state index in [1.54, 1.807) is 0 Å². The molecule has 0 atom stereocenters. The topological polar surface area (TPSA) is 15.3 Å². The van der Waals surface area contributed by atoms with Crippen molar-refractivity contribution in [3.05, 3.63) is 51.2 Å². The van der Waals surface area contributed by atoms with Crippen LogP contribution >= 0.6 is 11.3 Å². The van der Waals surface area contributed by atoms with Crippen LogP contribution in [0.15, 0.2) is 29.6 Å². The van der Waals surface area contributed by atoms with E-state index < -0.39 is 0 Å².